The van der Waals surface area contributed by atoms with E-state index in [-0.39, 0.29) is 5.92 Å². The summed E-state index contributed by atoms with van der Waals surface area (Å²) in [6.07, 6.45) is 5.85. The van der Waals surface area contributed by atoms with E-state index in [2.05, 4.69) is 13.8 Å². The highest BCUT2D eigenvalue weighted by Crippen LogP contribution is 2.49. The summed E-state index contributed by atoms with van der Waals surface area (Å²) in [5.41, 5.74) is 0.525. The first-order chi connectivity index (χ1) is 10.7. The topological polar surface area (TPSA) is 74.6 Å². The minimum absolute atomic E-state index is 0.281. The normalized spacial score (nSPS) is 24.6. The van der Waals surface area contributed by atoms with Crippen LogP contribution in [0, 0.1) is 23.2 Å². The van der Waals surface area contributed by atoms with Gasteiger partial charge in [-0.3, -0.25) is 9.59 Å². The van der Waals surface area contributed by atoms with E-state index in [9.17, 15) is 19.8 Å². The first-order valence-electron chi connectivity index (χ1n) is 8.53. The van der Waals surface area contributed by atoms with Crippen molar-refractivity contribution in [2.45, 2.75) is 60.3 Å². The second kappa shape index (κ2) is 7.80. The van der Waals surface area contributed by atoms with E-state index in [0.29, 0.717) is 25.2 Å². The van der Waals surface area contributed by atoms with Crippen LogP contribution in [0.3, 0.4) is 0 Å². The fraction of sp³-hybridized carbons (Fsp3) is 0.684. The third-order valence-electron chi connectivity index (χ3n) is 4.48. The summed E-state index contributed by atoms with van der Waals surface area (Å²) in [5.74, 6) is -2.38. The Kier molecular flexibility index (Phi) is 6.60. The lowest BCUT2D eigenvalue weighted by Gasteiger charge is -2.40. The van der Waals surface area contributed by atoms with Crippen molar-refractivity contribution in [3.05, 3.63) is 23.3 Å². The number of rotatable bonds is 8. The van der Waals surface area contributed by atoms with E-state index in [4.69, 9.17) is 0 Å². The van der Waals surface area contributed by atoms with Gasteiger partial charge in [-0.15, -0.1) is 0 Å². The molecule has 0 heterocycles. The number of carboxylic acids is 2. The van der Waals surface area contributed by atoms with Crippen LogP contribution in [0.25, 0.3) is 0 Å². The van der Waals surface area contributed by atoms with Gasteiger partial charge in [0.25, 0.3) is 0 Å². The molecule has 0 aliphatic heterocycles. The Morgan fingerprint density at radius 2 is 1.70 bits per heavy atom. The molecule has 1 rings (SSSR count). The van der Waals surface area contributed by atoms with E-state index in [0.717, 1.165) is 17.6 Å². The minimum atomic E-state index is -1.32. The van der Waals surface area contributed by atoms with Crippen LogP contribution >= 0.6 is 0 Å². The van der Waals surface area contributed by atoms with Gasteiger partial charge in [0.15, 0.2) is 0 Å². The number of carboxylic acid groups (broad SMARTS) is 2. The third kappa shape index (κ3) is 4.04. The number of allylic oxidation sites excluding steroid dienone is 2. The maximum atomic E-state index is 12.3. The summed E-state index contributed by atoms with van der Waals surface area (Å²) in [6, 6.07) is 0. The SMILES string of the molecule is CCCC1(C(=O)O)C(CC(C)C)=C(CC(C)C)C=CC1C(=O)O. The van der Waals surface area contributed by atoms with Crippen LogP contribution in [0.4, 0.5) is 0 Å². The molecule has 0 amide bonds. The zero-order valence-corrected chi connectivity index (χ0v) is 14.9. The molecule has 4 heteroatoms. The molecule has 1 aliphatic carbocycles. The molecule has 4 nitrogen and oxygen atoms in total. The maximum absolute atomic E-state index is 12.3. The Morgan fingerprint density at radius 1 is 1.13 bits per heavy atom. The van der Waals surface area contributed by atoms with E-state index in [1.165, 1.54) is 0 Å². The molecular weight excluding hydrogens is 292 g/mol. The van der Waals surface area contributed by atoms with Crippen LogP contribution in [0.5, 0.6) is 0 Å². The molecule has 0 spiro atoms. The highest BCUT2D eigenvalue weighted by atomic mass is 16.4. The van der Waals surface area contributed by atoms with E-state index < -0.39 is 23.3 Å². The van der Waals surface area contributed by atoms with E-state index in [1.807, 2.05) is 26.8 Å². The molecule has 2 atom stereocenters. The molecular formula is C19H30O4. The Hall–Kier alpha value is -1.58. The summed E-state index contributed by atoms with van der Waals surface area (Å²) in [6.45, 7) is 10.2. The zero-order chi connectivity index (χ0) is 17.8. The molecule has 0 aromatic heterocycles. The van der Waals surface area contributed by atoms with Crippen molar-refractivity contribution in [1.82, 2.24) is 0 Å². The zero-order valence-electron chi connectivity index (χ0n) is 14.9. The molecule has 2 N–H and O–H groups in total. The van der Waals surface area contributed by atoms with Gasteiger partial charge in [-0.05, 0) is 42.2 Å². The lowest BCUT2D eigenvalue weighted by Crippen LogP contribution is -2.45. The van der Waals surface area contributed by atoms with E-state index in [1.54, 1.807) is 6.08 Å². The summed E-state index contributed by atoms with van der Waals surface area (Å²) < 4.78 is 0. The molecule has 23 heavy (non-hydrogen) atoms. The molecule has 2 unspecified atom stereocenters. The maximum Gasteiger partial charge on any atom is 0.315 e. The van der Waals surface area contributed by atoms with Crippen LogP contribution in [0.1, 0.15) is 60.3 Å². The van der Waals surface area contributed by atoms with Gasteiger partial charge in [0, 0.05) is 0 Å². The van der Waals surface area contributed by atoms with Crippen molar-refractivity contribution < 1.29 is 19.8 Å². The second-order valence-corrected chi connectivity index (χ2v) is 7.40. The van der Waals surface area contributed by atoms with Gasteiger partial charge < -0.3 is 10.2 Å². The van der Waals surface area contributed by atoms with Crippen molar-refractivity contribution in [3.63, 3.8) is 0 Å². The van der Waals surface area contributed by atoms with Gasteiger partial charge in [-0.1, -0.05) is 53.2 Å². The molecule has 0 fully saturated rings. The fourth-order valence-electron chi connectivity index (χ4n) is 3.67. The number of hydrogen-bond acceptors (Lipinski definition) is 2. The van der Waals surface area contributed by atoms with Crippen molar-refractivity contribution in [2.75, 3.05) is 0 Å². The molecule has 0 aromatic carbocycles. The van der Waals surface area contributed by atoms with Crippen molar-refractivity contribution in [1.29, 1.82) is 0 Å². The summed E-state index contributed by atoms with van der Waals surface area (Å²) in [4.78, 5) is 24.0. The standard InChI is InChI=1S/C19H30O4/c1-6-9-19(18(22)23)15(17(20)21)8-7-14(10-12(2)3)16(19)11-13(4)5/h7-8,12-13,15H,6,9-11H2,1-5H3,(H,20,21)(H,22,23). The third-order valence-corrected chi connectivity index (χ3v) is 4.48. The molecule has 0 saturated heterocycles. The lowest BCUT2D eigenvalue weighted by atomic mass is 9.61. The second-order valence-electron chi connectivity index (χ2n) is 7.40. The first kappa shape index (κ1) is 19.5. The van der Waals surface area contributed by atoms with Gasteiger partial charge in [-0.25, -0.2) is 0 Å². The van der Waals surface area contributed by atoms with Crippen molar-refractivity contribution in [3.8, 4) is 0 Å². The van der Waals surface area contributed by atoms with Crippen LogP contribution in [0.15, 0.2) is 23.3 Å². The number of hydrogen-bond donors (Lipinski definition) is 2. The Morgan fingerprint density at radius 3 is 2.09 bits per heavy atom. The monoisotopic (exact) mass is 322 g/mol. The lowest BCUT2D eigenvalue weighted by molar-refractivity contribution is -0.158. The average molecular weight is 322 g/mol. The Bertz CT molecular complexity index is 513. The highest BCUT2D eigenvalue weighted by Gasteiger charge is 2.52. The van der Waals surface area contributed by atoms with Gasteiger partial charge in [-0.2, -0.15) is 0 Å². The van der Waals surface area contributed by atoms with Gasteiger partial charge in [0.05, 0.1) is 5.92 Å². The summed E-state index contributed by atoms with van der Waals surface area (Å²) in [5, 5.41) is 19.7. The first-order valence-corrected chi connectivity index (χ1v) is 8.53. The smallest absolute Gasteiger partial charge is 0.315 e. The predicted octanol–water partition coefficient (Wildman–Crippen LogP) is 4.52. The molecule has 0 aromatic rings. The highest BCUT2D eigenvalue weighted by molar-refractivity contribution is 5.89. The Labute approximate surface area is 139 Å². The molecule has 0 radical (unpaired) electrons. The average Bonchev–Trinajstić information content (AvgIpc) is 2.40. The summed E-state index contributed by atoms with van der Waals surface area (Å²) >= 11 is 0. The largest absolute Gasteiger partial charge is 0.481 e. The van der Waals surface area contributed by atoms with Crippen LogP contribution < -0.4 is 0 Å². The van der Waals surface area contributed by atoms with Gasteiger partial charge in [0.2, 0.25) is 0 Å². The quantitative estimate of drug-likeness (QED) is 0.689. The van der Waals surface area contributed by atoms with Crippen molar-refractivity contribution >= 4 is 11.9 Å². The van der Waals surface area contributed by atoms with Crippen LogP contribution in [-0.2, 0) is 9.59 Å². The number of carbonyl (C=O) groups is 2. The predicted molar refractivity (Wildman–Crippen MR) is 91.2 cm³/mol. The Balaban J connectivity index is 3.59. The van der Waals surface area contributed by atoms with Gasteiger partial charge in [0.1, 0.15) is 5.41 Å². The van der Waals surface area contributed by atoms with Crippen LogP contribution in [-0.4, -0.2) is 22.2 Å². The molecule has 130 valence electrons. The molecule has 0 bridgehead atoms. The van der Waals surface area contributed by atoms with Gasteiger partial charge >= 0.3 is 11.9 Å². The molecule has 1 aliphatic rings. The fourth-order valence-corrected chi connectivity index (χ4v) is 3.67. The minimum Gasteiger partial charge on any atom is -0.481 e. The van der Waals surface area contributed by atoms with Crippen molar-refractivity contribution in [2.24, 2.45) is 23.2 Å². The number of aliphatic carboxylic acids is 2. The van der Waals surface area contributed by atoms with Crippen LogP contribution in [0.2, 0.25) is 0 Å². The van der Waals surface area contributed by atoms with E-state index >= 15 is 0 Å². The summed E-state index contributed by atoms with van der Waals surface area (Å²) in [7, 11) is 0. The molecule has 0 saturated carbocycles.